The smallest absolute Gasteiger partial charge is 0.265 e. The molecular weight excluding hydrogens is 400 g/mol. The van der Waals surface area contributed by atoms with Gasteiger partial charge in [0.1, 0.15) is 5.75 Å². The first-order chi connectivity index (χ1) is 14.3. The van der Waals surface area contributed by atoms with E-state index in [2.05, 4.69) is 10.6 Å². The van der Waals surface area contributed by atoms with Crippen LogP contribution in [0.25, 0.3) is 0 Å². The molecule has 1 atom stereocenters. The summed E-state index contributed by atoms with van der Waals surface area (Å²) in [5, 5.41) is 6.24. The Kier molecular flexibility index (Phi) is 7.38. The molecule has 2 aromatic rings. The summed E-state index contributed by atoms with van der Waals surface area (Å²) in [4.78, 5) is 25.3. The lowest BCUT2D eigenvalue weighted by atomic mass is 9.95. The Bertz CT molecular complexity index is 923. The lowest BCUT2D eigenvalue weighted by Gasteiger charge is -2.23. The predicted molar refractivity (Wildman–Crippen MR) is 120 cm³/mol. The fourth-order valence-electron chi connectivity index (χ4n) is 3.61. The van der Waals surface area contributed by atoms with Crippen molar-refractivity contribution in [3.63, 3.8) is 0 Å². The zero-order valence-electron chi connectivity index (χ0n) is 17.8. The number of hydrogen-bond acceptors (Lipinski definition) is 3. The fourth-order valence-corrected chi connectivity index (χ4v) is 3.81. The maximum Gasteiger partial charge on any atom is 0.265 e. The summed E-state index contributed by atoms with van der Waals surface area (Å²) in [5.74, 6) is 0.181. The number of anilines is 1. The Hall–Kier alpha value is -2.53. The van der Waals surface area contributed by atoms with E-state index >= 15 is 0 Å². The first kappa shape index (κ1) is 22.2. The summed E-state index contributed by atoms with van der Waals surface area (Å²) in [5.41, 5.74) is 2.90. The summed E-state index contributed by atoms with van der Waals surface area (Å²) in [6, 6.07) is 11.0. The third-order valence-corrected chi connectivity index (χ3v) is 5.77. The van der Waals surface area contributed by atoms with Crippen LogP contribution in [0.4, 0.5) is 5.69 Å². The van der Waals surface area contributed by atoms with Gasteiger partial charge in [-0.1, -0.05) is 43.0 Å². The molecule has 0 spiro atoms. The minimum absolute atomic E-state index is 0.187. The highest BCUT2D eigenvalue weighted by Crippen LogP contribution is 2.24. The van der Waals surface area contributed by atoms with Crippen LogP contribution in [0.2, 0.25) is 5.02 Å². The van der Waals surface area contributed by atoms with E-state index in [1.807, 2.05) is 32.0 Å². The predicted octanol–water partition coefficient (Wildman–Crippen LogP) is 5.43. The number of aryl methyl sites for hydroxylation is 2. The van der Waals surface area contributed by atoms with Crippen molar-refractivity contribution in [3.05, 3.63) is 58.1 Å². The quantitative estimate of drug-likeness (QED) is 0.645. The van der Waals surface area contributed by atoms with Gasteiger partial charge in [-0.15, -0.1) is 0 Å². The highest BCUT2D eigenvalue weighted by molar-refractivity contribution is 6.34. The molecule has 160 valence electrons. The average Bonchev–Trinajstić information content (AvgIpc) is 2.72. The van der Waals surface area contributed by atoms with Crippen molar-refractivity contribution in [2.45, 2.75) is 65.0 Å². The van der Waals surface area contributed by atoms with Crippen molar-refractivity contribution in [2.24, 2.45) is 0 Å². The number of halogens is 1. The molecule has 6 heteroatoms. The van der Waals surface area contributed by atoms with Crippen molar-refractivity contribution in [2.75, 3.05) is 5.32 Å². The number of benzene rings is 2. The average molecular weight is 429 g/mol. The molecule has 0 radical (unpaired) electrons. The molecule has 1 saturated carbocycles. The van der Waals surface area contributed by atoms with Crippen LogP contribution >= 0.6 is 11.6 Å². The summed E-state index contributed by atoms with van der Waals surface area (Å²) in [6.07, 6.45) is 4.78. The van der Waals surface area contributed by atoms with E-state index in [9.17, 15) is 9.59 Å². The Balaban J connectivity index is 1.65. The molecule has 1 aliphatic carbocycles. The topological polar surface area (TPSA) is 67.4 Å². The van der Waals surface area contributed by atoms with Gasteiger partial charge in [-0.2, -0.15) is 0 Å². The van der Waals surface area contributed by atoms with Gasteiger partial charge < -0.3 is 15.4 Å². The molecule has 2 N–H and O–H groups in total. The standard InChI is InChI=1S/C24H29ClN2O3/c1-15-9-10-16(2)22(13-15)30-17(3)23(28)27-19-11-12-21(25)20(14-19)24(29)26-18-7-5-4-6-8-18/h9-14,17-18H,4-8H2,1-3H3,(H,26,29)(H,27,28). The Morgan fingerprint density at radius 3 is 2.53 bits per heavy atom. The molecule has 1 unspecified atom stereocenters. The number of nitrogens with one attached hydrogen (secondary N) is 2. The maximum atomic E-state index is 12.7. The second-order valence-electron chi connectivity index (χ2n) is 8.02. The van der Waals surface area contributed by atoms with Gasteiger partial charge in [-0.05, 0) is 69.0 Å². The van der Waals surface area contributed by atoms with E-state index in [0.29, 0.717) is 22.0 Å². The van der Waals surface area contributed by atoms with Gasteiger partial charge in [-0.25, -0.2) is 0 Å². The van der Waals surface area contributed by atoms with Crippen LogP contribution in [0, 0.1) is 13.8 Å². The summed E-state index contributed by atoms with van der Waals surface area (Å²) >= 11 is 6.25. The molecule has 0 heterocycles. The number of carbonyl (C=O) groups excluding carboxylic acids is 2. The Morgan fingerprint density at radius 2 is 1.80 bits per heavy atom. The Labute approximate surface area is 183 Å². The molecule has 1 aliphatic rings. The lowest BCUT2D eigenvalue weighted by molar-refractivity contribution is -0.122. The number of amides is 2. The van der Waals surface area contributed by atoms with Gasteiger partial charge in [-0.3, -0.25) is 9.59 Å². The summed E-state index contributed by atoms with van der Waals surface area (Å²) in [6.45, 7) is 5.62. The first-order valence-electron chi connectivity index (χ1n) is 10.5. The van der Waals surface area contributed by atoms with Crippen LogP contribution in [-0.4, -0.2) is 24.0 Å². The van der Waals surface area contributed by atoms with E-state index in [4.69, 9.17) is 16.3 Å². The van der Waals surface area contributed by atoms with Crippen LogP contribution in [-0.2, 0) is 4.79 Å². The SMILES string of the molecule is Cc1ccc(C)c(OC(C)C(=O)Nc2ccc(Cl)c(C(=O)NC3CCCCC3)c2)c1. The molecular formula is C24H29ClN2O3. The molecule has 2 aromatic carbocycles. The van der Waals surface area contributed by atoms with Crippen LogP contribution in [0.15, 0.2) is 36.4 Å². The van der Waals surface area contributed by atoms with Crippen molar-refractivity contribution in [3.8, 4) is 5.75 Å². The van der Waals surface area contributed by atoms with Crippen molar-refractivity contribution >= 4 is 29.1 Å². The molecule has 0 aliphatic heterocycles. The van der Waals surface area contributed by atoms with Crippen LogP contribution in [0.1, 0.15) is 60.5 Å². The van der Waals surface area contributed by atoms with Gasteiger partial charge in [0.15, 0.2) is 6.10 Å². The molecule has 3 rings (SSSR count). The second kappa shape index (κ2) is 9.98. The van der Waals surface area contributed by atoms with E-state index in [1.165, 1.54) is 6.42 Å². The summed E-state index contributed by atoms with van der Waals surface area (Å²) in [7, 11) is 0. The fraction of sp³-hybridized carbons (Fsp3) is 0.417. The second-order valence-corrected chi connectivity index (χ2v) is 8.43. The minimum atomic E-state index is -0.694. The largest absolute Gasteiger partial charge is 0.481 e. The molecule has 0 aromatic heterocycles. The van der Waals surface area contributed by atoms with E-state index in [-0.39, 0.29) is 17.9 Å². The molecule has 0 bridgehead atoms. The molecule has 2 amide bonds. The summed E-state index contributed by atoms with van der Waals surface area (Å²) < 4.78 is 5.84. The number of carbonyl (C=O) groups is 2. The Morgan fingerprint density at radius 1 is 1.07 bits per heavy atom. The van der Waals surface area contributed by atoms with Gasteiger partial charge in [0.25, 0.3) is 11.8 Å². The van der Waals surface area contributed by atoms with Gasteiger partial charge >= 0.3 is 0 Å². The lowest BCUT2D eigenvalue weighted by Crippen LogP contribution is -2.36. The zero-order chi connectivity index (χ0) is 21.7. The van der Waals surface area contributed by atoms with Crippen molar-refractivity contribution in [1.29, 1.82) is 0 Å². The van der Waals surface area contributed by atoms with Crippen molar-refractivity contribution in [1.82, 2.24) is 5.32 Å². The third-order valence-electron chi connectivity index (χ3n) is 5.44. The molecule has 1 fully saturated rings. The van der Waals surface area contributed by atoms with E-state index < -0.39 is 6.10 Å². The van der Waals surface area contributed by atoms with Crippen molar-refractivity contribution < 1.29 is 14.3 Å². The molecule has 0 saturated heterocycles. The van der Waals surface area contributed by atoms with Gasteiger partial charge in [0.2, 0.25) is 0 Å². The van der Waals surface area contributed by atoms with Gasteiger partial charge in [0.05, 0.1) is 10.6 Å². The van der Waals surface area contributed by atoms with Crippen LogP contribution in [0.3, 0.4) is 0 Å². The third kappa shape index (κ3) is 5.76. The number of ether oxygens (including phenoxy) is 1. The zero-order valence-corrected chi connectivity index (χ0v) is 18.5. The molecule has 30 heavy (non-hydrogen) atoms. The van der Waals surface area contributed by atoms with Crippen LogP contribution in [0.5, 0.6) is 5.75 Å². The van der Waals surface area contributed by atoms with E-state index in [1.54, 1.807) is 25.1 Å². The normalized spacial score (nSPS) is 15.3. The highest BCUT2D eigenvalue weighted by atomic mass is 35.5. The maximum absolute atomic E-state index is 12.7. The number of rotatable bonds is 6. The highest BCUT2D eigenvalue weighted by Gasteiger charge is 2.20. The monoisotopic (exact) mass is 428 g/mol. The minimum Gasteiger partial charge on any atom is -0.481 e. The number of hydrogen-bond donors (Lipinski definition) is 2. The first-order valence-corrected chi connectivity index (χ1v) is 10.9. The van der Waals surface area contributed by atoms with Crippen LogP contribution < -0.4 is 15.4 Å². The van der Waals surface area contributed by atoms with Gasteiger partial charge in [0, 0.05) is 11.7 Å². The van der Waals surface area contributed by atoms with E-state index in [0.717, 1.165) is 36.8 Å². The molecule has 5 nitrogen and oxygen atoms in total.